The Kier molecular flexibility index (Phi) is 8.16. The Balaban J connectivity index is 1.39. The van der Waals surface area contributed by atoms with Crippen LogP contribution in [0, 0.1) is 0 Å². The maximum absolute atomic E-state index is 2.49. The third kappa shape index (κ3) is 5.80. The number of aromatic nitrogens is 1. The van der Waals surface area contributed by atoms with Crippen LogP contribution in [-0.2, 0) is 0 Å². The third-order valence-electron chi connectivity index (χ3n) is 10.5. The highest BCUT2D eigenvalue weighted by molar-refractivity contribution is 6.23. The van der Waals surface area contributed by atoms with Gasteiger partial charge in [0.25, 0.3) is 0 Å². The summed E-state index contributed by atoms with van der Waals surface area (Å²) in [5.74, 6) is 0. The lowest BCUT2D eigenvalue weighted by molar-refractivity contribution is 1.18. The molecule has 0 saturated heterocycles. The van der Waals surface area contributed by atoms with E-state index in [0.29, 0.717) is 0 Å². The molecule has 0 aliphatic rings. The molecule has 10 rings (SSSR count). The zero-order valence-corrected chi connectivity index (χ0v) is 30.2. The lowest BCUT2D eigenvalue weighted by atomic mass is 10.0. The predicted octanol–water partition coefficient (Wildman–Crippen LogP) is 14.5. The molecule has 1 aromatic heterocycles. The minimum atomic E-state index is 1.06. The van der Waals surface area contributed by atoms with Gasteiger partial charge in [0.05, 0.1) is 22.4 Å². The van der Waals surface area contributed by atoms with Crippen molar-refractivity contribution >= 4 is 66.7 Å². The van der Waals surface area contributed by atoms with E-state index in [1.54, 1.807) is 0 Å². The van der Waals surface area contributed by atoms with Crippen molar-refractivity contribution in [2.24, 2.45) is 0 Å². The molecule has 55 heavy (non-hydrogen) atoms. The zero-order valence-electron chi connectivity index (χ0n) is 30.2. The summed E-state index contributed by atoms with van der Waals surface area (Å²) in [4.78, 5) is 4.79. The third-order valence-corrected chi connectivity index (χ3v) is 10.5. The molecular weight excluding hydrogens is 667 g/mol. The molecule has 0 amide bonds. The van der Waals surface area contributed by atoms with Gasteiger partial charge >= 0.3 is 0 Å². The second-order valence-corrected chi connectivity index (χ2v) is 13.8. The van der Waals surface area contributed by atoms with Gasteiger partial charge in [0.2, 0.25) is 0 Å². The highest BCUT2D eigenvalue weighted by atomic mass is 15.2. The zero-order chi connectivity index (χ0) is 36.6. The number of hydrogen-bond acceptors (Lipinski definition) is 2. The summed E-state index contributed by atoms with van der Waals surface area (Å²) in [7, 11) is 0. The number of hydrogen-bond donors (Lipinski definition) is 0. The van der Waals surface area contributed by atoms with E-state index in [2.05, 4.69) is 239 Å². The summed E-state index contributed by atoms with van der Waals surface area (Å²) in [5.41, 5.74) is 12.3. The molecular formula is C52H37N3. The van der Waals surface area contributed by atoms with Crippen molar-refractivity contribution in [1.82, 2.24) is 4.57 Å². The van der Waals surface area contributed by atoms with Gasteiger partial charge in [0, 0.05) is 44.6 Å². The normalized spacial score (nSPS) is 11.3. The molecule has 0 spiro atoms. The van der Waals surface area contributed by atoms with Crippen molar-refractivity contribution < 1.29 is 0 Å². The number of benzene rings is 9. The molecule has 0 bridgehead atoms. The van der Waals surface area contributed by atoms with E-state index in [0.717, 1.165) is 45.3 Å². The van der Waals surface area contributed by atoms with E-state index in [4.69, 9.17) is 0 Å². The van der Waals surface area contributed by atoms with Crippen LogP contribution >= 0.6 is 0 Å². The van der Waals surface area contributed by atoms with Crippen LogP contribution in [0.5, 0.6) is 0 Å². The fraction of sp³-hybridized carbons (Fsp3) is 0. The Morgan fingerprint density at radius 1 is 0.327 bits per heavy atom. The molecule has 0 unspecified atom stereocenters. The van der Waals surface area contributed by atoms with E-state index in [1.807, 2.05) is 0 Å². The average molecular weight is 704 g/mol. The molecule has 1 heterocycles. The number of rotatable bonds is 8. The summed E-state index contributed by atoms with van der Waals surface area (Å²) in [5, 5.41) is 4.80. The number of para-hydroxylation sites is 4. The molecule has 0 saturated carbocycles. The highest BCUT2D eigenvalue weighted by Gasteiger charge is 2.25. The first-order chi connectivity index (χ1) is 27.3. The largest absolute Gasteiger partial charge is 0.310 e. The van der Waals surface area contributed by atoms with Crippen LogP contribution in [0.25, 0.3) is 49.4 Å². The van der Waals surface area contributed by atoms with Gasteiger partial charge in [0.15, 0.2) is 0 Å². The Morgan fingerprint density at radius 3 is 1.44 bits per heavy atom. The van der Waals surface area contributed by atoms with E-state index in [1.165, 1.54) is 38.2 Å². The minimum absolute atomic E-state index is 1.06. The van der Waals surface area contributed by atoms with Gasteiger partial charge in [-0.3, -0.25) is 0 Å². The second-order valence-electron chi connectivity index (χ2n) is 13.8. The van der Waals surface area contributed by atoms with Gasteiger partial charge in [-0.2, -0.15) is 0 Å². The molecule has 0 N–H and O–H groups in total. The van der Waals surface area contributed by atoms with Crippen molar-refractivity contribution in [1.29, 1.82) is 0 Å². The van der Waals surface area contributed by atoms with Crippen LogP contribution in [-0.4, -0.2) is 4.57 Å². The first-order valence-electron chi connectivity index (χ1n) is 18.8. The van der Waals surface area contributed by atoms with Gasteiger partial charge in [-0.1, -0.05) is 152 Å². The SMILES string of the molecule is c1ccc(-c2cccc(-n3c4cc(N(c5ccccc5)c5ccccc5)cc(N(c5ccccc5)c5ccccc5)c4c4ccc5ccccc5c43)c2)cc1. The van der Waals surface area contributed by atoms with Crippen molar-refractivity contribution in [3.63, 3.8) is 0 Å². The van der Waals surface area contributed by atoms with E-state index >= 15 is 0 Å². The van der Waals surface area contributed by atoms with Crippen molar-refractivity contribution in [3.05, 3.63) is 224 Å². The predicted molar refractivity (Wildman–Crippen MR) is 233 cm³/mol. The lowest BCUT2D eigenvalue weighted by Gasteiger charge is -2.30. The van der Waals surface area contributed by atoms with E-state index in [9.17, 15) is 0 Å². The van der Waals surface area contributed by atoms with Crippen LogP contribution in [0.15, 0.2) is 224 Å². The number of fused-ring (bicyclic) bond motifs is 5. The molecule has 0 radical (unpaired) electrons. The lowest BCUT2D eigenvalue weighted by Crippen LogP contribution is -2.14. The Bertz CT molecular complexity index is 2820. The van der Waals surface area contributed by atoms with Gasteiger partial charge in [0.1, 0.15) is 0 Å². The summed E-state index contributed by atoms with van der Waals surface area (Å²) < 4.78 is 2.49. The first kappa shape index (κ1) is 32.3. The molecule has 0 aliphatic carbocycles. The minimum Gasteiger partial charge on any atom is -0.310 e. The van der Waals surface area contributed by atoms with Crippen LogP contribution < -0.4 is 9.80 Å². The van der Waals surface area contributed by atoms with Crippen LogP contribution in [0.4, 0.5) is 34.1 Å². The quantitative estimate of drug-likeness (QED) is 0.156. The number of anilines is 6. The Labute approximate surface area is 321 Å². The van der Waals surface area contributed by atoms with E-state index in [-0.39, 0.29) is 0 Å². The fourth-order valence-electron chi connectivity index (χ4n) is 8.08. The van der Waals surface area contributed by atoms with Crippen molar-refractivity contribution in [2.75, 3.05) is 9.80 Å². The molecule has 260 valence electrons. The fourth-order valence-corrected chi connectivity index (χ4v) is 8.08. The summed E-state index contributed by atoms with van der Waals surface area (Å²) in [6.45, 7) is 0. The maximum Gasteiger partial charge on any atom is 0.0620 e. The van der Waals surface area contributed by atoms with Gasteiger partial charge in [-0.15, -0.1) is 0 Å². The Morgan fingerprint density at radius 2 is 0.836 bits per heavy atom. The Hall–Kier alpha value is -7.36. The standard InChI is InChI=1S/C52H37N3/c1-6-19-38(20-7-1)40-22-18-31-45(35-40)55-50-37-46(53(41-23-8-2-9-24-41)42-25-10-3-11-26-42)36-49(51(50)48-34-33-39-21-16-17-32-47(39)52(48)55)54(43-27-12-4-13-28-43)44-29-14-5-15-30-44/h1-37H. The topological polar surface area (TPSA) is 11.4 Å². The molecule has 0 fully saturated rings. The molecule has 0 atom stereocenters. The molecule has 0 aliphatic heterocycles. The monoisotopic (exact) mass is 703 g/mol. The van der Waals surface area contributed by atoms with Crippen LogP contribution in [0.1, 0.15) is 0 Å². The number of nitrogens with zero attached hydrogens (tertiary/aromatic N) is 3. The smallest absolute Gasteiger partial charge is 0.0620 e. The van der Waals surface area contributed by atoms with Crippen molar-refractivity contribution in [2.45, 2.75) is 0 Å². The van der Waals surface area contributed by atoms with Gasteiger partial charge in [-0.25, -0.2) is 0 Å². The summed E-state index contributed by atoms with van der Waals surface area (Å²) in [6.07, 6.45) is 0. The van der Waals surface area contributed by atoms with E-state index < -0.39 is 0 Å². The van der Waals surface area contributed by atoms with Gasteiger partial charge in [-0.05, 0) is 89.3 Å². The molecule has 3 nitrogen and oxygen atoms in total. The summed E-state index contributed by atoms with van der Waals surface area (Å²) >= 11 is 0. The molecule has 3 heteroatoms. The maximum atomic E-state index is 2.49. The van der Waals surface area contributed by atoms with Crippen LogP contribution in [0.2, 0.25) is 0 Å². The highest BCUT2D eigenvalue weighted by Crippen LogP contribution is 2.49. The summed E-state index contributed by atoms with van der Waals surface area (Å²) in [6, 6.07) is 80.6. The molecule has 9 aromatic carbocycles. The van der Waals surface area contributed by atoms with Crippen LogP contribution in [0.3, 0.4) is 0 Å². The first-order valence-corrected chi connectivity index (χ1v) is 18.8. The van der Waals surface area contributed by atoms with Gasteiger partial charge < -0.3 is 14.4 Å². The van der Waals surface area contributed by atoms with Crippen molar-refractivity contribution in [3.8, 4) is 16.8 Å². The average Bonchev–Trinajstić information content (AvgIpc) is 3.61. The molecule has 10 aromatic rings. The second kappa shape index (κ2) is 13.9.